The molecule has 4 rings (SSSR count). The van der Waals surface area contributed by atoms with Crippen LogP contribution in [0.15, 0.2) is 91.0 Å². The molecule has 34 heavy (non-hydrogen) atoms. The zero-order valence-electron chi connectivity index (χ0n) is 19.9. The maximum atomic E-state index is 11.4. The highest BCUT2D eigenvalue weighted by molar-refractivity contribution is 5.23. The van der Waals surface area contributed by atoms with Gasteiger partial charge in [0.2, 0.25) is 0 Å². The molecule has 0 saturated heterocycles. The molecule has 1 fully saturated rings. The molecule has 3 aromatic carbocycles. The molecule has 0 bridgehead atoms. The van der Waals surface area contributed by atoms with Crippen molar-refractivity contribution in [2.45, 2.75) is 44.7 Å². The molecule has 4 heteroatoms. The molecule has 1 aliphatic rings. The number of hydrogen-bond donors (Lipinski definition) is 2. The van der Waals surface area contributed by atoms with E-state index in [1.54, 1.807) is 6.92 Å². The van der Waals surface area contributed by atoms with E-state index >= 15 is 0 Å². The topological polar surface area (TPSA) is 58.9 Å². The Morgan fingerprint density at radius 2 is 1.26 bits per heavy atom. The molecule has 0 spiro atoms. The molecule has 4 nitrogen and oxygen atoms in total. The van der Waals surface area contributed by atoms with E-state index in [0.717, 1.165) is 23.1 Å². The lowest BCUT2D eigenvalue weighted by Gasteiger charge is -2.46. The van der Waals surface area contributed by atoms with Crippen molar-refractivity contribution < 1.29 is 19.7 Å². The first-order valence-electron chi connectivity index (χ1n) is 12.3. The second-order valence-electron chi connectivity index (χ2n) is 9.49. The third-order valence-electron chi connectivity index (χ3n) is 7.11. The number of ether oxygens (including phenoxy) is 2. The van der Waals surface area contributed by atoms with Gasteiger partial charge in [0.15, 0.2) is 0 Å². The number of benzene rings is 3. The molecule has 2 N–H and O–H groups in total. The van der Waals surface area contributed by atoms with E-state index < -0.39 is 12.2 Å². The Morgan fingerprint density at radius 1 is 0.765 bits per heavy atom. The summed E-state index contributed by atoms with van der Waals surface area (Å²) in [7, 11) is 0. The lowest BCUT2D eigenvalue weighted by atomic mass is 9.63. The Bertz CT molecular complexity index is 961. The van der Waals surface area contributed by atoms with Gasteiger partial charge in [0, 0.05) is 11.8 Å². The van der Waals surface area contributed by atoms with Crippen LogP contribution in [0.5, 0.6) is 0 Å². The van der Waals surface area contributed by atoms with Crippen molar-refractivity contribution in [3.63, 3.8) is 0 Å². The van der Waals surface area contributed by atoms with Gasteiger partial charge in [-0.2, -0.15) is 0 Å². The van der Waals surface area contributed by atoms with Gasteiger partial charge in [0.1, 0.15) is 0 Å². The van der Waals surface area contributed by atoms with Crippen LogP contribution in [0.3, 0.4) is 0 Å². The van der Waals surface area contributed by atoms with Gasteiger partial charge in [-0.1, -0.05) is 91.0 Å². The van der Waals surface area contributed by atoms with E-state index in [-0.39, 0.29) is 23.7 Å². The molecule has 0 unspecified atom stereocenters. The van der Waals surface area contributed by atoms with E-state index in [4.69, 9.17) is 9.47 Å². The molecule has 0 aromatic heterocycles. The summed E-state index contributed by atoms with van der Waals surface area (Å²) in [5.41, 5.74) is 3.37. The van der Waals surface area contributed by atoms with E-state index in [0.29, 0.717) is 26.4 Å². The minimum absolute atomic E-state index is 0.00514. The van der Waals surface area contributed by atoms with E-state index in [9.17, 15) is 10.2 Å². The fourth-order valence-corrected chi connectivity index (χ4v) is 5.38. The third-order valence-corrected chi connectivity index (χ3v) is 7.11. The van der Waals surface area contributed by atoms with Crippen molar-refractivity contribution in [2.75, 3.05) is 13.2 Å². The molecule has 0 radical (unpaired) electrons. The molecule has 1 aliphatic carbocycles. The normalized spacial score (nSPS) is 25.7. The summed E-state index contributed by atoms with van der Waals surface area (Å²) in [6.45, 7) is 3.88. The Balaban J connectivity index is 1.50. The van der Waals surface area contributed by atoms with Crippen molar-refractivity contribution in [1.29, 1.82) is 0 Å². The molecule has 1 saturated carbocycles. The number of hydrogen-bond acceptors (Lipinski definition) is 4. The van der Waals surface area contributed by atoms with Crippen LogP contribution in [0, 0.1) is 17.8 Å². The molecule has 3 aromatic rings. The summed E-state index contributed by atoms with van der Waals surface area (Å²) in [6.07, 6.45) is -0.496. The highest BCUT2D eigenvalue weighted by Gasteiger charge is 2.46. The number of aliphatic hydroxyl groups is 2. The molecular weight excluding hydrogens is 424 g/mol. The molecule has 0 amide bonds. The van der Waals surface area contributed by atoms with Crippen LogP contribution in [-0.2, 0) is 22.7 Å². The lowest BCUT2D eigenvalue weighted by molar-refractivity contribution is -0.111. The fourth-order valence-electron chi connectivity index (χ4n) is 5.38. The van der Waals surface area contributed by atoms with Crippen molar-refractivity contribution in [2.24, 2.45) is 17.8 Å². The Labute approximate surface area is 203 Å². The first-order chi connectivity index (χ1) is 16.6. The molecular formula is C30H36O4. The summed E-state index contributed by atoms with van der Waals surface area (Å²) in [4.78, 5) is 0. The first kappa shape index (κ1) is 24.6. The lowest BCUT2D eigenvalue weighted by Crippen LogP contribution is -2.50. The molecule has 6 atom stereocenters. The predicted octanol–water partition coefficient (Wildman–Crippen LogP) is 5.20. The average molecular weight is 461 g/mol. The third kappa shape index (κ3) is 6.34. The van der Waals surface area contributed by atoms with Crippen LogP contribution in [0.1, 0.15) is 36.0 Å². The van der Waals surface area contributed by atoms with Crippen molar-refractivity contribution in [3.05, 3.63) is 108 Å². The second kappa shape index (κ2) is 12.3. The standard InChI is InChI=1S/C30H36O4/c1-22(31)29-28(21-34-19-24-13-7-3-8-14-24)26(20-33-18-23-11-5-2-6-12-23)17-27(30(29)32)25-15-9-4-10-16-25/h2-16,22,26-32H,17-21H2,1H3/t22-,26-,27+,28-,29+,30-/m0/s1. The van der Waals surface area contributed by atoms with Crippen LogP contribution in [0.4, 0.5) is 0 Å². The zero-order valence-corrected chi connectivity index (χ0v) is 19.9. The van der Waals surface area contributed by atoms with Gasteiger partial charge >= 0.3 is 0 Å². The van der Waals surface area contributed by atoms with Crippen molar-refractivity contribution in [1.82, 2.24) is 0 Å². The molecule has 0 heterocycles. The summed E-state index contributed by atoms with van der Waals surface area (Å²) in [5.74, 6) is -0.182. The summed E-state index contributed by atoms with van der Waals surface area (Å²) in [5, 5.41) is 22.2. The maximum Gasteiger partial charge on any atom is 0.0717 e. The monoisotopic (exact) mass is 460 g/mol. The highest BCUT2D eigenvalue weighted by atomic mass is 16.5. The molecule has 0 aliphatic heterocycles. The largest absolute Gasteiger partial charge is 0.393 e. The minimum Gasteiger partial charge on any atom is -0.393 e. The highest BCUT2D eigenvalue weighted by Crippen LogP contribution is 2.45. The SMILES string of the molecule is C[C@H](O)[C@H]1[C@@H](O)[C@@H](c2ccccc2)C[C@@H](COCc2ccccc2)[C@@H]1COCc1ccccc1. The van der Waals surface area contributed by atoms with Crippen LogP contribution < -0.4 is 0 Å². The average Bonchev–Trinajstić information content (AvgIpc) is 2.87. The zero-order chi connectivity index (χ0) is 23.8. The predicted molar refractivity (Wildman–Crippen MR) is 134 cm³/mol. The summed E-state index contributed by atoms with van der Waals surface area (Å²) < 4.78 is 12.3. The van der Waals surface area contributed by atoms with Crippen LogP contribution in [-0.4, -0.2) is 35.6 Å². The van der Waals surface area contributed by atoms with Crippen molar-refractivity contribution in [3.8, 4) is 0 Å². The van der Waals surface area contributed by atoms with Gasteiger partial charge in [0.25, 0.3) is 0 Å². The quantitative estimate of drug-likeness (QED) is 0.437. The number of rotatable bonds is 10. The van der Waals surface area contributed by atoms with Gasteiger partial charge < -0.3 is 19.7 Å². The van der Waals surface area contributed by atoms with Crippen LogP contribution >= 0.6 is 0 Å². The fraction of sp³-hybridized carbons (Fsp3) is 0.400. The Hall–Kier alpha value is -2.50. The Kier molecular flexibility index (Phi) is 8.89. The Morgan fingerprint density at radius 3 is 1.79 bits per heavy atom. The maximum absolute atomic E-state index is 11.4. The van der Waals surface area contributed by atoms with Crippen LogP contribution in [0.2, 0.25) is 0 Å². The minimum atomic E-state index is -0.650. The van der Waals surface area contributed by atoms with Crippen molar-refractivity contribution >= 4 is 0 Å². The van der Waals surface area contributed by atoms with Gasteiger partial charge in [-0.15, -0.1) is 0 Å². The van der Waals surface area contributed by atoms with E-state index in [2.05, 4.69) is 24.3 Å². The summed E-state index contributed by atoms with van der Waals surface area (Å²) in [6, 6.07) is 30.4. The van der Waals surface area contributed by atoms with Gasteiger partial charge in [-0.05, 0) is 41.9 Å². The smallest absolute Gasteiger partial charge is 0.0717 e. The van der Waals surface area contributed by atoms with E-state index in [1.807, 2.05) is 66.7 Å². The second-order valence-corrected chi connectivity index (χ2v) is 9.49. The van der Waals surface area contributed by atoms with E-state index in [1.165, 1.54) is 0 Å². The molecule has 180 valence electrons. The van der Waals surface area contributed by atoms with Gasteiger partial charge in [0.05, 0.1) is 38.6 Å². The number of aliphatic hydroxyl groups excluding tert-OH is 2. The van der Waals surface area contributed by atoms with Gasteiger partial charge in [-0.25, -0.2) is 0 Å². The summed E-state index contributed by atoms with van der Waals surface area (Å²) >= 11 is 0. The first-order valence-corrected chi connectivity index (χ1v) is 12.3. The van der Waals surface area contributed by atoms with Crippen LogP contribution in [0.25, 0.3) is 0 Å². The van der Waals surface area contributed by atoms with Gasteiger partial charge in [-0.3, -0.25) is 0 Å².